The molecule has 23 heavy (non-hydrogen) atoms. The molecule has 1 aliphatic heterocycles. The molecular weight excluding hydrogens is 326 g/mol. The van der Waals surface area contributed by atoms with Gasteiger partial charge in [-0.2, -0.15) is 5.10 Å². The maximum absolute atomic E-state index is 12.5. The molecule has 0 spiro atoms. The molecule has 1 amide bonds. The summed E-state index contributed by atoms with van der Waals surface area (Å²) in [6.45, 7) is 0. The normalized spacial score (nSPS) is 15.1. The highest BCUT2D eigenvalue weighted by Gasteiger charge is 2.19. The minimum absolute atomic E-state index is 0.189. The van der Waals surface area contributed by atoms with E-state index >= 15 is 0 Å². The van der Waals surface area contributed by atoms with Gasteiger partial charge in [-0.1, -0.05) is 30.3 Å². The molecule has 0 atom stereocenters. The predicted octanol–water partition coefficient (Wildman–Crippen LogP) is 4.29. The van der Waals surface area contributed by atoms with Crippen molar-refractivity contribution in [2.45, 2.75) is 4.58 Å². The van der Waals surface area contributed by atoms with Crippen LogP contribution in [0, 0.1) is 0 Å². The van der Waals surface area contributed by atoms with E-state index in [-0.39, 0.29) is 5.91 Å². The first-order chi connectivity index (χ1) is 11.3. The van der Waals surface area contributed by atoms with E-state index in [2.05, 4.69) is 27.6 Å². The van der Waals surface area contributed by atoms with E-state index in [1.807, 2.05) is 59.9 Å². The molecule has 4 nitrogen and oxygen atoms in total. The summed E-state index contributed by atoms with van der Waals surface area (Å²) in [7, 11) is 0. The highest BCUT2D eigenvalue weighted by Crippen LogP contribution is 2.45. The molecule has 0 aliphatic carbocycles. The fraction of sp³-hybridized carbons (Fsp3) is 0.176. The fourth-order valence-electron chi connectivity index (χ4n) is 2.64. The smallest absolute Gasteiger partial charge is 0.276 e. The Bertz CT molecular complexity index is 856. The summed E-state index contributed by atoms with van der Waals surface area (Å²) < 4.78 is 0.470. The number of H-pyrrole nitrogens is 1. The van der Waals surface area contributed by atoms with Crippen LogP contribution >= 0.6 is 23.5 Å². The molecule has 0 saturated carbocycles. The van der Waals surface area contributed by atoms with Gasteiger partial charge in [0.1, 0.15) is 0 Å². The van der Waals surface area contributed by atoms with Gasteiger partial charge in [-0.25, -0.2) is 0 Å². The standard InChI is InChI=1S/C17H15N3OS2/c21-16(15-13-6-1-2-7-14(13)19-20-15)18-12-5-3-4-11(10-12)17-22-8-9-23-17/h1-7,10,17H,8-9H2,(H,18,21)(H,19,20). The summed E-state index contributed by atoms with van der Waals surface area (Å²) in [6.07, 6.45) is 0. The van der Waals surface area contributed by atoms with E-state index in [0.717, 1.165) is 16.6 Å². The van der Waals surface area contributed by atoms with Crippen LogP contribution in [0.4, 0.5) is 5.69 Å². The van der Waals surface area contributed by atoms with Gasteiger partial charge in [0.2, 0.25) is 0 Å². The van der Waals surface area contributed by atoms with Gasteiger partial charge in [-0.05, 0) is 23.8 Å². The number of anilines is 1. The molecule has 4 rings (SSSR count). The van der Waals surface area contributed by atoms with Crippen molar-refractivity contribution in [3.8, 4) is 0 Å². The molecule has 1 fully saturated rings. The zero-order valence-electron chi connectivity index (χ0n) is 12.3. The number of rotatable bonds is 3. The number of para-hydroxylation sites is 1. The third-order valence-electron chi connectivity index (χ3n) is 3.72. The van der Waals surface area contributed by atoms with Crippen LogP contribution in [0.2, 0.25) is 0 Å². The molecule has 1 aliphatic rings. The summed E-state index contributed by atoms with van der Waals surface area (Å²) in [5, 5.41) is 10.8. The first kappa shape index (κ1) is 14.7. The third kappa shape index (κ3) is 2.96. The highest BCUT2D eigenvalue weighted by molar-refractivity contribution is 8.19. The Kier molecular flexibility index (Phi) is 4.01. The lowest BCUT2D eigenvalue weighted by molar-refractivity contribution is 0.102. The highest BCUT2D eigenvalue weighted by atomic mass is 32.2. The van der Waals surface area contributed by atoms with Gasteiger partial charge in [-0.3, -0.25) is 9.89 Å². The molecule has 2 N–H and O–H groups in total. The summed E-state index contributed by atoms with van der Waals surface area (Å²) in [5.74, 6) is 2.18. The van der Waals surface area contributed by atoms with E-state index in [4.69, 9.17) is 0 Å². The molecule has 0 radical (unpaired) electrons. The van der Waals surface area contributed by atoms with Crippen LogP contribution in [-0.4, -0.2) is 27.6 Å². The number of amides is 1. The number of carbonyl (C=O) groups excluding carboxylic acids is 1. The van der Waals surface area contributed by atoms with Crippen LogP contribution in [0.15, 0.2) is 48.5 Å². The van der Waals surface area contributed by atoms with Gasteiger partial charge in [0.25, 0.3) is 5.91 Å². The van der Waals surface area contributed by atoms with Crippen LogP contribution in [0.3, 0.4) is 0 Å². The van der Waals surface area contributed by atoms with Gasteiger partial charge in [0.15, 0.2) is 5.69 Å². The van der Waals surface area contributed by atoms with Crippen molar-refractivity contribution >= 4 is 46.0 Å². The summed E-state index contributed by atoms with van der Waals surface area (Å²) >= 11 is 3.91. The monoisotopic (exact) mass is 341 g/mol. The first-order valence-corrected chi connectivity index (χ1v) is 9.48. The maximum Gasteiger partial charge on any atom is 0.276 e. The van der Waals surface area contributed by atoms with Crippen LogP contribution in [0.5, 0.6) is 0 Å². The molecule has 1 aromatic heterocycles. The molecule has 3 aromatic rings. The lowest BCUT2D eigenvalue weighted by Gasteiger charge is -2.10. The second-order valence-electron chi connectivity index (χ2n) is 5.27. The van der Waals surface area contributed by atoms with E-state index in [1.54, 1.807) is 0 Å². The Hall–Kier alpha value is -1.92. The number of thioether (sulfide) groups is 2. The number of aromatic nitrogens is 2. The Morgan fingerprint density at radius 3 is 2.83 bits per heavy atom. The van der Waals surface area contributed by atoms with Gasteiger partial charge in [0, 0.05) is 22.6 Å². The topological polar surface area (TPSA) is 57.8 Å². The largest absolute Gasteiger partial charge is 0.321 e. The molecule has 0 unspecified atom stereocenters. The summed E-state index contributed by atoms with van der Waals surface area (Å²) in [4.78, 5) is 12.5. The Labute approximate surface area is 142 Å². The Balaban J connectivity index is 1.58. The molecule has 116 valence electrons. The number of nitrogens with one attached hydrogen (secondary N) is 2. The van der Waals surface area contributed by atoms with Crippen LogP contribution < -0.4 is 5.32 Å². The van der Waals surface area contributed by atoms with Gasteiger partial charge in [0.05, 0.1) is 10.1 Å². The molecular formula is C17H15N3OS2. The molecule has 0 bridgehead atoms. The SMILES string of the molecule is O=C(Nc1cccc(C2SCCS2)c1)c1n[nH]c2ccccc12. The van der Waals surface area contributed by atoms with E-state index in [9.17, 15) is 4.79 Å². The lowest BCUT2D eigenvalue weighted by atomic mass is 10.2. The van der Waals surface area contributed by atoms with E-state index < -0.39 is 0 Å². The van der Waals surface area contributed by atoms with Crippen molar-refractivity contribution < 1.29 is 4.79 Å². The Morgan fingerprint density at radius 1 is 1.13 bits per heavy atom. The summed E-state index contributed by atoms with van der Waals surface area (Å²) in [5.41, 5.74) is 3.36. The maximum atomic E-state index is 12.5. The number of aromatic amines is 1. The number of benzene rings is 2. The number of carbonyl (C=O) groups is 1. The van der Waals surface area contributed by atoms with Gasteiger partial charge >= 0.3 is 0 Å². The van der Waals surface area contributed by atoms with Crippen LogP contribution in [-0.2, 0) is 0 Å². The zero-order valence-corrected chi connectivity index (χ0v) is 13.9. The quantitative estimate of drug-likeness (QED) is 0.746. The lowest BCUT2D eigenvalue weighted by Crippen LogP contribution is -2.13. The molecule has 2 heterocycles. The second-order valence-corrected chi connectivity index (χ2v) is 8.00. The average molecular weight is 341 g/mol. The number of fused-ring (bicyclic) bond motifs is 1. The van der Waals surface area contributed by atoms with Crippen molar-refractivity contribution in [1.29, 1.82) is 0 Å². The third-order valence-corrected chi connectivity index (χ3v) is 6.83. The fourth-order valence-corrected chi connectivity index (χ4v) is 5.48. The average Bonchev–Trinajstić information content (AvgIpc) is 3.25. The van der Waals surface area contributed by atoms with E-state index in [1.165, 1.54) is 17.1 Å². The van der Waals surface area contributed by atoms with Crippen molar-refractivity contribution in [3.63, 3.8) is 0 Å². The van der Waals surface area contributed by atoms with Gasteiger partial charge < -0.3 is 5.32 Å². The van der Waals surface area contributed by atoms with Crippen LogP contribution in [0.25, 0.3) is 10.9 Å². The van der Waals surface area contributed by atoms with Crippen LogP contribution in [0.1, 0.15) is 20.6 Å². The van der Waals surface area contributed by atoms with Crippen molar-refractivity contribution in [2.24, 2.45) is 0 Å². The predicted molar refractivity (Wildman–Crippen MR) is 98.1 cm³/mol. The molecule has 1 saturated heterocycles. The van der Waals surface area contributed by atoms with E-state index in [0.29, 0.717) is 10.3 Å². The second kappa shape index (κ2) is 6.29. The summed E-state index contributed by atoms with van der Waals surface area (Å²) in [6, 6.07) is 15.7. The van der Waals surface area contributed by atoms with Crippen molar-refractivity contribution in [1.82, 2.24) is 10.2 Å². The van der Waals surface area contributed by atoms with Crippen molar-refractivity contribution in [2.75, 3.05) is 16.8 Å². The Morgan fingerprint density at radius 2 is 1.96 bits per heavy atom. The number of hydrogen-bond donors (Lipinski definition) is 2. The minimum Gasteiger partial charge on any atom is -0.321 e. The van der Waals surface area contributed by atoms with Gasteiger partial charge in [-0.15, -0.1) is 23.5 Å². The molecule has 2 aromatic carbocycles. The first-order valence-electron chi connectivity index (χ1n) is 7.39. The number of hydrogen-bond acceptors (Lipinski definition) is 4. The van der Waals surface area contributed by atoms with Crippen molar-refractivity contribution in [3.05, 3.63) is 59.8 Å². The molecule has 6 heteroatoms. The minimum atomic E-state index is -0.189. The zero-order chi connectivity index (χ0) is 15.6. The number of nitrogens with zero attached hydrogens (tertiary/aromatic N) is 1.